The smallest absolute Gasteiger partial charge is 0.306 e. The highest BCUT2D eigenvalue weighted by Gasteiger charge is 2.38. The molecule has 1 heterocycles. The maximum absolute atomic E-state index is 10.5. The molecule has 1 aliphatic carbocycles. The molecule has 1 saturated carbocycles. The maximum atomic E-state index is 10.5. The van der Waals surface area contributed by atoms with Crippen molar-refractivity contribution in [2.45, 2.75) is 78.2 Å². The average molecular weight is 495 g/mol. The van der Waals surface area contributed by atoms with Crippen molar-refractivity contribution in [1.29, 1.82) is 0 Å². The van der Waals surface area contributed by atoms with E-state index in [0.29, 0.717) is 18.3 Å². The third kappa shape index (κ3) is 11.0. The fourth-order valence-corrected chi connectivity index (χ4v) is 4.37. The molecule has 2 fully saturated rings. The number of nitrogens with two attached hydrogens (primary N) is 1. The lowest BCUT2D eigenvalue weighted by molar-refractivity contribution is -0.141. The number of carboxylic acid groups (broad SMARTS) is 1. The number of carbonyl (C=O) groups is 2. The molecule has 0 radical (unpaired) electrons. The number of phenolic OH excluding ortho intramolecular Hbond substituents is 1. The van der Waals surface area contributed by atoms with Gasteiger partial charge in [-0.25, -0.2) is 0 Å². The van der Waals surface area contributed by atoms with Gasteiger partial charge in [-0.15, -0.1) is 0 Å². The Bertz CT molecular complexity index is 766. The number of primary amides is 1. The quantitative estimate of drug-likeness (QED) is 0.371. The molecule has 200 valence electrons. The van der Waals surface area contributed by atoms with Crippen LogP contribution in [0.15, 0.2) is 24.3 Å². The first-order chi connectivity index (χ1) is 16.5. The van der Waals surface area contributed by atoms with E-state index in [0.717, 1.165) is 30.9 Å². The van der Waals surface area contributed by atoms with Crippen molar-refractivity contribution >= 4 is 11.9 Å². The zero-order valence-corrected chi connectivity index (χ0v) is 21.8. The van der Waals surface area contributed by atoms with Crippen LogP contribution in [0.4, 0.5) is 0 Å². The summed E-state index contributed by atoms with van der Waals surface area (Å²) in [5, 5.41) is 30.2. The maximum Gasteiger partial charge on any atom is 0.306 e. The van der Waals surface area contributed by atoms with Crippen molar-refractivity contribution in [2.75, 3.05) is 26.4 Å². The molecule has 35 heavy (non-hydrogen) atoms. The molecule has 6 N–H and O–H groups in total. The van der Waals surface area contributed by atoms with Gasteiger partial charge in [0.2, 0.25) is 5.91 Å². The van der Waals surface area contributed by atoms with E-state index >= 15 is 0 Å². The lowest BCUT2D eigenvalue weighted by Crippen LogP contribution is -2.41. The highest BCUT2D eigenvalue weighted by atomic mass is 16.5. The molecule has 3 rings (SSSR count). The summed E-state index contributed by atoms with van der Waals surface area (Å²) in [6, 6.07) is 7.83. The molecule has 1 aromatic carbocycles. The van der Waals surface area contributed by atoms with Crippen molar-refractivity contribution in [3.63, 3.8) is 0 Å². The van der Waals surface area contributed by atoms with Gasteiger partial charge in [0.15, 0.2) is 0 Å². The summed E-state index contributed by atoms with van der Waals surface area (Å²) in [5.41, 5.74) is 6.02. The second-order valence-corrected chi connectivity index (χ2v) is 10.2. The van der Waals surface area contributed by atoms with E-state index in [1.165, 1.54) is 25.7 Å². The third-order valence-electron chi connectivity index (χ3n) is 7.21. The number of amides is 1. The Hall–Kier alpha value is -2.16. The van der Waals surface area contributed by atoms with Gasteiger partial charge in [0.1, 0.15) is 12.4 Å². The summed E-state index contributed by atoms with van der Waals surface area (Å²) < 4.78 is 5.19. The molecule has 3 atom stereocenters. The van der Waals surface area contributed by atoms with E-state index in [-0.39, 0.29) is 30.6 Å². The molecule has 1 amide bonds. The topological polar surface area (TPSA) is 142 Å². The predicted octanol–water partition coefficient (Wildman–Crippen LogP) is 3.65. The number of para-hydroxylation sites is 1. The van der Waals surface area contributed by atoms with Gasteiger partial charge >= 0.3 is 5.97 Å². The van der Waals surface area contributed by atoms with Gasteiger partial charge in [-0.05, 0) is 55.7 Å². The zero-order chi connectivity index (χ0) is 26.4. The molecule has 0 aromatic heterocycles. The number of carbonyl (C=O) groups excluding carboxylic acids is 1. The van der Waals surface area contributed by atoms with E-state index in [9.17, 15) is 14.7 Å². The van der Waals surface area contributed by atoms with Crippen LogP contribution < -0.4 is 11.1 Å². The van der Waals surface area contributed by atoms with E-state index in [1.54, 1.807) is 13.0 Å². The second-order valence-electron chi connectivity index (χ2n) is 10.2. The van der Waals surface area contributed by atoms with Gasteiger partial charge in [0, 0.05) is 11.5 Å². The number of hydrogen-bond acceptors (Lipinski definition) is 6. The number of nitrogens with one attached hydrogen (secondary N) is 1. The molecule has 0 spiro atoms. The van der Waals surface area contributed by atoms with Crippen molar-refractivity contribution in [1.82, 2.24) is 5.32 Å². The fraction of sp³-hybridized carbons (Fsp3) is 0.704. The molecule has 1 saturated heterocycles. The van der Waals surface area contributed by atoms with Crippen LogP contribution in [0.25, 0.3) is 0 Å². The second kappa shape index (κ2) is 15.8. The highest BCUT2D eigenvalue weighted by Crippen LogP contribution is 2.38. The van der Waals surface area contributed by atoms with Gasteiger partial charge in [-0.2, -0.15) is 0 Å². The number of carboxylic acids is 1. The van der Waals surface area contributed by atoms with Crippen LogP contribution in [0.2, 0.25) is 0 Å². The SMILES string of the molecule is CC1(COCC(N)=O)CCNC1CO.CC1CCC(c2ccccc2O)CC1.CCC(C)C(=O)O. The molecule has 2 aliphatic rings. The minimum absolute atomic E-state index is 0.0479. The largest absolute Gasteiger partial charge is 0.508 e. The van der Waals surface area contributed by atoms with E-state index < -0.39 is 11.9 Å². The lowest BCUT2D eigenvalue weighted by Gasteiger charge is -2.29. The van der Waals surface area contributed by atoms with Gasteiger partial charge in [0.05, 0.1) is 19.1 Å². The molecule has 0 bridgehead atoms. The van der Waals surface area contributed by atoms with Crippen LogP contribution in [-0.2, 0) is 14.3 Å². The summed E-state index contributed by atoms with van der Waals surface area (Å²) in [6.07, 6.45) is 6.74. The van der Waals surface area contributed by atoms with Gasteiger partial charge < -0.3 is 31.1 Å². The number of benzene rings is 1. The molecular formula is C27H46N2O6. The molecule has 8 heteroatoms. The molecule has 1 aliphatic heterocycles. The molecule has 1 aromatic rings. The van der Waals surface area contributed by atoms with Crippen molar-refractivity contribution in [3.8, 4) is 5.75 Å². The monoisotopic (exact) mass is 494 g/mol. The predicted molar refractivity (Wildman–Crippen MR) is 137 cm³/mol. The summed E-state index contributed by atoms with van der Waals surface area (Å²) in [6.45, 7) is 9.29. The summed E-state index contributed by atoms with van der Waals surface area (Å²) in [7, 11) is 0. The Balaban J connectivity index is 0.000000279. The minimum atomic E-state index is -0.706. The first-order valence-corrected chi connectivity index (χ1v) is 12.7. The first kappa shape index (κ1) is 30.9. The van der Waals surface area contributed by atoms with Crippen LogP contribution in [-0.4, -0.2) is 59.6 Å². The Kier molecular flexibility index (Phi) is 13.9. The Morgan fingerprint density at radius 2 is 1.86 bits per heavy atom. The van der Waals surface area contributed by atoms with E-state index in [4.69, 9.17) is 20.7 Å². The molecule has 3 unspecified atom stereocenters. The Morgan fingerprint density at radius 3 is 2.34 bits per heavy atom. The summed E-state index contributed by atoms with van der Waals surface area (Å²) in [5.74, 6) is 0.596. The van der Waals surface area contributed by atoms with Crippen molar-refractivity contribution in [3.05, 3.63) is 29.8 Å². The first-order valence-electron chi connectivity index (χ1n) is 12.7. The van der Waals surface area contributed by atoms with Gasteiger partial charge in [-0.1, -0.05) is 58.7 Å². The number of hydrogen-bond donors (Lipinski definition) is 5. The fourth-order valence-electron chi connectivity index (χ4n) is 4.37. The third-order valence-corrected chi connectivity index (χ3v) is 7.21. The van der Waals surface area contributed by atoms with E-state index in [1.807, 2.05) is 26.0 Å². The standard InChI is InChI=1S/C13H18O.C9H18N2O3.C5H10O2/c1-10-6-8-11(9-7-10)12-4-2-3-5-13(12)14;1-9(6-14-5-8(10)13)2-3-11-7(9)4-12;1-3-4(2)5(6)7/h2-5,10-11,14H,6-9H2,1H3;7,11-12H,2-6H2,1H3,(H2,10,13);4H,3H2,1-2H3,(H,6,7). The zero-order valence-electron chi connectivity index (χ0n) is 21.8. The van der Waals surface area contributed by atoms with Crippen molar-refractivity contribution < 1.29 is 29.6 Å². The molecule has 8 nitrogen and oxygen atoms in total. The van der Waals surface area contributed by atoms with E-state index in [2.05, 4.69) is 18.3 Å². The van der Waals surface area contributed by atoms with Crippen molar-refractivity contribution in [2.24, 2.45) is 23.0 Å². The normalized spacial score (nSPS) is 26.5. The number of phenols is 1. The van der Waals surface area contributed by atoms with Crippen LogP contribution in [0, 0.1) is 17.3 Å². The van der Waals surface area contributed by atoms with Crippen LogP contribution in [0.1, 0.15) is 77.7 Å². The number of aliphatic hydroxyl groups is 1. The van der Waals surface area contributed by atoms with Crippen LogP contribution in [0.3, 0.4) is 0 Å². The number of aliphatic carboxylic acids is 1. The Morgan fingerprint density at radius 1 is 1.23 bits per heavy atom. The number of ether oxygens (including phenoxy) is 1. The lowest BCUT2D eigenvalue weighted by atomic mass is 9.79. The summed E-state index contributed by atoms with van der Waals surface area (Å²) in [4.78, 5) is 20.4. The van der Waals surface area contributed by atoms with Gasteiger partial charge in [0.25, 0.3) is 0 Å². The highest BCUT2D eigenvalue weighted by molar-refractivity contribution is 5.75. The van der Waals surface area contributed by atoms with Crippen LogP contribution >= 0.6 is 0 Å². The summed E-state index contributed by atoms with van der Waals surface area (Å²) >= 11 is 0. The Labute approximate surface area is 210 Å². The minimum Gasteiger partial charge on any atom is -0.508 e. The van der Waals surface area contributed by atoms with Crippen LogP contribution in [0.5, 0.6) is 5.75 Å². The average Bonchev–Trinajstić information content (AvgIpc) is 3.20. The van der Waals surface area contributed by atoms with Gasteiger partial charge in [-0.3, -0.25) is 9.59 Å². The number of aliphatic hydroxyl groups excluding tert-OH is 1. The number of rotatable bonds is 8. The molecular weight excluding hydrogens is 448 g/mol. The number of aromatic hydroxyl groups is 1.